The minimum Gasteiger partial charge on any atom is -0.463 e. The van der Waals surface area contributed by atoms with Crippen LogP contribution in [0, 0.1) is 6.92 Å². The molecule has 21 heavy (non-hydrogen) atoms. The van der Waals surface area contributed by atoms with E-state index in [0.717, 1.165) is 30.7 Å². The molecule has 0 bridgehead atoms. The Bertz CT molecular complexity index is 425. The number of rotatable bonds is 6. The first-order valence-electron chi connectivity index (χ1n) is 8.65. The molecule has 2 heterocycles. The second kappa shape index (κ2) is 8.00. The number of hydrogen-bond acceptors (Lipinski definition) is 3. The summed E-state index contributed by atoms with van der Waals surface area (Å²) >= 11 is 0. The molecule has 1 aliphatic rings. The van der Waals surface area contributed by atoms with Gasteiger partial charge in [-0.05, 0) is 44.4 Å². The molecule has 0 amide bonds. The predicted octanol–water partition coefficient (Wildman–Crippen LogP) is 4.24. The zero-order chi connectivity index (χ0) is 15.2. The van der Waals surface area contributed by atoms with Crippen molar-refractivity contribution < 1.29 is 4.42 Å². The molecule has 3 heteroatoms. The zero-order valence-corrected chi connectivity index (χ0v) is 14.2. The number of furan rings is 1. The van der Waals surface area contributed by atoms with Gasteiger partial charge >= 0.3 is 0 Å². The molecule has 1 atom stereocenters. The SMILES string of the molecule is CCC1CCCCCN1Cc1cc(C)c(CNC(C)C)o1. The van der Waals surface area contributed by atoms with E-state index >= 15 is 0 Å². The van der Waals surface area contributed by atoms with E-state index in [2.05, 4.69) is 44.0 Å². The van der Waals surface area contributed by atoms with Gasteiger partial charge < -0.3 is 9.73 Å². The van der Waals surface area contributed by atoms with E-state index in [1.807, 2.05) is 0 Å². The first kappa shape index (κ1) is 16.6. The van der Waals surface area contributed by atoms with E-state index in [1.165, 1.54) is 44.2 Å². The summed E-state index contributed by atoms with van der Waals surface area (Å²) in [6.07, 6.45) is 6.70. The van der Waals surface area contributed by atoms with Crippen molar-refractivity contribution in [3.8, 4) is 0 Å². The maximum absolute atomic E-state index is 6.10. The highest BCUT2D eigenvalue weighted by Crippen LogP contribution is 2.23. The average molecular weight is 292 g/mol. The molecule has 1 aromatic heterocycles. The molecule has 1 aromatic rings. The van der Waals surface area contributed by atoms with Crippen molar-refractivity contribution in [1.82, 2.24) is 10.2 Å². The van der Waals surface area contributed by atoms with Crippen LogP contribution in [-0.4, -0.2) is 23.5 Å². The lowest BCUT2D eigenvalue weighted by Gasteiger charge is -2.28. The van der Waals surface area contributed by atoms with Crippen molar-refractivity contribution >= 4 is 0 Å². The highest BCUT2D eigenvalue weighted by molar-refractivity contribution is 5.20. The molecule has 1 saturated heterocycles. The van der Waals surface area contributed by atoms with Gasteiger partial charge in [-0.15, -0.1) is 0 Å². The molecule has 120 valence electrons. The fourth-order valence-corrected chi connectivity index (χ4v) is 3.25. The van der Waals surface area contributed by atoms with Gasteiger partial charge in [0.2, 0.25) is 0 Å². The van der Waals surface area contributed by atoms with Crippen LogP contribution in [0.4, 0.5) is 0 Å². The van der Waals surface area contributed by atoms with Gasteiger partial charge in [-0.3, -0.25) is 4.90 Å². The molecule has 1 unspecified atom stereocenters. The number of nitrogens with one attached hydrogen (secondary N) is 1. The first-order valence-corrected chi connectivity index (χ1v) is 8.65. The highest BCUT2D eigenvalue weighted by atomic mass is 16.3. The summed E-state index contributed by atoms with van der Waals surface area (Å²) in [5.41, 5.74) is 1.28. The molecule has 3 nitrogen and oxygen atoms in total. The van der Waals surface area contributed by atoms with Gasteiger partial charge in [-0.25, -0.2) is 0 Å². The quantitative estimate of drug-likeness (QED) is 0.850. The van der Waals surface area contributed by atoms with Gasteiger partial charge in [0.25, 0.3) is 0 Å². The van der Waals surface area contributed by atoms with Crippen LogP contribution in [0.1, 0.15) is 70.0 Å². The maximum Gasteiger partial charge on any atom is 0.120 e. The van der Waals surface area contributed by atoms with Gasteiger partial charge in [0.15, 0.2) is 0 Å². The lowest BCUT2D eigenvalue weighted by Crippen LogP contribution is -2.33. The molecule has 0 aromatic carbocycles. The Labute approximate surface area is 130 Å². The summed E-state index contributed by atoms with van der Waals surface area (Å²) in [4.78, 5) is 2.63. The van der Waals surface area contributed by atoms with E-state index < -0.39 is 0 Å². The summed E-state index contributed by atoms with van der Waals surface area (Å²) in [6.45, 7) is 11.8. The van der Waals surface area contributed by atoms with Crippen LogP contribution in [0.3, 0.4) is 0 Å². The Morgan fingerprint density at radius 2 is 2.14 bits per heavy atom. The summed E-state index contributed by atoms with van der Waals surface area (Å²) < 4.78 is 6.10. The van der Waals surface area contributed by atoms with Crippen molar-refractivity contribution in [1.29, 1.82) is 0 Å². The van der Waals surface area contributed by atoms with Gasteiger partial charge in [0.05, 0.1) is 13.1 Å². The third kappa shape index (κ3) is 4.86. The normalized spacial score (nSPS) is 20.9. The largest absolute Gasteiger partial charge is 0.463 e. The molecule has 1 aliphatic heterocycles. The first-order chi connectivity index (χ1) is 10.1. The van der Waals surface area contributed by atoms with Gasteiger partial charge in [-0.2, -0.15) is 0 Å². The summed E-state index contributed by atoms with van der Waals surface area (Å²) in [7, 11) is 0. The summed E-state index contributed by atoms with van der Waals surface area (Å²) in [5, 5.41) is 3.44. The Morgan fingerprint density at radius 1 is 1.33 bits per heavy atom. The van der Waals surface area contributed by atoms with Gasteiger partial charge in [0.1, 0.15) is 11.5 Å². The third-order valence-corrected chi connectivity index (χ3v) is 4.57. The van der Waals surface area contributed by atoms with Crippen molar-refractivity contribution in [3.63, 3.8) is 0 Å². The molecule has 0 radical (unpaired) electrons. The van der Waals surface area contributed by atoms with E-state index in [-0.39, 0.29) is 0 Å². The Kier molecular flexibility index (Phi) is 6.31. The Morgan fingerprint density at radius 3 is 2.86 bits per heavy atom. The van der Waals surface area contributed by atoms with Gasteiger partial charge in [-0.1, -0.05) is 33.6 Å². The molecular weight excluding hydrogens is 260 g/mol. The smallest absolute Gasteiger partial charge is 0.120 e. The second-order valence-electron chi connectivity index (χ2n) is 6.74. The van der Waals surface area contributed by atoms with Gasteiger partial charge in [0, 0.05) is 12.1 Å². The minimum atomic E-state index is 0.494. The highest BCUT2D eigenvalue weighted by Gasteiger charge is 2.21. The van der Waals surface area contributed by atoms with E-state index in [0.29, 0.717) is 6.04 Å². The Hall–Kier alpha value is -0.800. The van der Waals surface area contributed by atoms with Crippen molar-refractivity contribution in [2.24, 2.45) is 0 Å². The molecule has 1 fully saturated rings. The number of aryl methyl sites for hydroxylation is 1. The van der Waals surface area contributed by atoms with Crippen LogP contribution < -0.4 is 5.32 Å². The van der Waals surface area contributed by atoms with E-state index in [9.17, 15) is 0 Å². The topological polar surface area (TPSA) is 28.4 Å². The lowest BCUT2D eigenvalue weighted by molar-refractivity contribution is 0.171. The maximum atomic E-state index is 6.10. The van der Waals surface area contributed by atoms with Crippen molar-refractivity contribution in [2.75, 3.05) is 6.54 Å². The number of hydrogen-bond donors (Lipinski definition) is 1. The molecule has 0 spiro atoms. The fourth-order valence-electron chi connectivity index (χ4n) is 3.25. The second-order valence-corrected chi connectivity index (χ2v) is 6.74. The fraction of sp³-hybridized carbons (Fsp3) is 0.778. The monoisotopic (exact) mass is 292 g/mol. The minimum absolute atomic E-state index is 0.494. The van der Waals surface area contributed by atoms with Crippen LogP contribution in [0.2, 0.25) is 0 Å². The third-order valence-electron chi connectivity index (χ3n) is 4.57. The molecule has 0 saturated carbocycles. The average Bonchev–Trinajstić information content (AvgIpc) is 2.65. The molecule has 1 N–H and O–H groups in total. The van der Waals surface area contributed by atoms with Crippen LogP contribution in [0.15, 0.2) is 10.5 Å². The van der Waals surface area contributed by atoms with Crippen molar-refractivity contribution in [2.45, 2.75) is 85.0 Å². The predicted molar refractivity (Wildman–Crippen MR) is 88.4 cm³/mol. The summed E-state index contributed by atoms with van der Waals surface area (Å²) in [5.74, 6) is 2.23. The Balaban J connectivity index is 1.99. The molecule has 2 rings (SSSR count). The standard InChI is InChI=1S/C18H32N2O/c1-5-16-9-7-6-8-10-20(16)13-17-11-15(4)18(21-17)12-19-14(2)3/h11,14,16,19H,5-10,12-13H2,1-4H3. The van der Waals surface area contributed by atoms with Crippen LogP contribution in [-0.2, 0) is 13.1 Å². The van der Waals surface area contributed by atoms with Crippen LogP contribution in [0.5, 0.6) is 0 Å². The van der Waals surface area contributed by atoms with Crippen molar-refractivity contribution in [3.05, 3.63) is 23.2 Å². The lowest BCUT2D eigenvalue weighted by atomic mass is 10.1. The molecular formula is C18H32N2O. The number of nitrogens with zero attached hydrogens (tertiary/aromatic N) is 1. The number of likely N-dealkylation sites (tertiary alicyclic amines) is 1. The zero-order valence-electron chi connectivity index (χ0n) is 14.2. The summed E-state index contributed by atoms with van der Waals surface area (Å²) in [6, 6.07) is 3.46. The van der Waals surface area contributed by atoms with E-state index in [4.69, 9.17) is 4.42 Å². The van der Waals surface area contributed by atoms with Crippen LogP contribution >= 0.6 is 0 Å². The molecule has 0 aliphatic carbocycles. The van der Waals surface area contributed by atoms with E-state index in [1.54, 1.807) is 0 Å². The van der Waals surface area contributed by atoms with Crippen LogP contribution in [0.25, 0.3) is 0 Å².